The summed E-state index contributed by atoms with van der Waals surface area (Å²) >= 11 is 1.30. The lowest BCUT2D eigenvalue weighted by Gasteiger charge is -2.22. The molecule has 1 amide bonds. The summed E-state index contributed by atoms with van der Waals surface area (Å²) in [6.07, 6.45) is 0.875. The van der Waals surface area contributed by atoms with Crippen molar-refractivity contribution in [2.24, 2.45) is 0 Å². The molecular formula is C24H21N3O4S. The molecule has 7 nitrogen and oxygen atoms in total. The molecule has 0 N–H and O–H groups in total. The molecule has 8 heteroatoms. The average Bonchev–Trinajstić information content (AvgIpc) is 3.34. The first-order valence-corrected chi connectivity index (χ1v) is 11.2. The Bertz CT molecular complexity index is 1410. The minimum absolute atomic E-state index is 0.0454. The van der Waals surface area contributed by atoms with Gasteiger partial charge in [-0.1, -0.05) is 42.0 Å². The van der Waals surface area contributed by atoms with Gasteiger partial charge in [0.1, 0.15) is 16.3 Å². The molecule has 1 atom stereocenters. The van der Waals surface area contributed by atoms with E-state index in [1.807, 2.05) is 51.1 Å². The third kappa shape index (κ3) is 3.27. The van der Waals surface area contributed by atoms with Crippen LogP contribution in [0.4, 0.5) is 5.13 Å². The zero-order valence-corrected chi connectivity index (χ0v) is 18.7. The Morgan fingerprint density at radius 2 is 1.97 bits per heavy atom. The Hall–Kier alpha value is -3.52. The molecule has 0 fully saturated rings. The van der Waals surface area contributed by atoms with Crippen LogP contribution in [-0.4, -0.2) is 22.7 Å². The number of aryl methyl sites for hydroxylation is 2. The number of anilines is 1. The van der Waals surface area contributed by atoms with E-state index in [-0.39, 0.29) is 11.2 Å². The standard InChI is InChI=1S/C24H21N3O4S/c1-4-10-30-16-7-5-6-15(12-16)20-19-21(28)17-11-13(2)8-9-18(17)31-22(19)23(29)27(20)24-26-25-14(3)32-24/h5-9,11-12,20H,4,10H2,1-3H3/t20-/m1/s1. The molecule has 0 spiro atoms. The van der Waals surface area contributed by atoms with Gasteiger partial charge in [0.15, 0.2) is 5.43 Å². The van der Waals surface area contributed by atoms with Gasteiger partial charge in [0.2, 0.25) is 10.9 Å². The van der Waals surface area contributed by atoms with Crippen molar-refractivity contribution in [2.75, 3.05) is 11.5 Å². The number of carbonyl (C=O) groups is 1. The number of ether oxygens (including phenoxy) is 1. The lowest BCUT2D eigenvalue weighted by molar-refractivity contribution is 0.0970. The number of nitrogens with zero attached hydrogens (tertiary/aromatic N) is 3. The second kappa shape index (κ2) is 7.87. The fourth-order valence-corrected chi connectivity index (χ4v) is 4.69. The molecule has 1 aliphatic rings. The number of benzene rings is 2. The summed E-state index contributed by atoms with van der Waals surface area (Å²) in [4.78, 5) is 28.7. The summed E-state index contributed by atoms with van der Waals surface area (Å²) in [6.45, 7) is 6.35. The SMILES string of the molecule is CCCOc1cccc([C@@H]2c3c(oc4ccc(C)cc4c3=O)C(=O)N2c2nnc(C)s2)c1. The van der Waals surface area contributed by atoms with Crippen LogP contribution in [0.25, 0.3) is 11.0 Å². The van der Waals surface area contributed by atoms with Crippen molar-refractivity contribution in [3.63, 3.8) is 0 Å². The van der Waals surface area contributed by atoms with Gasteiger partial charge in [0.05, 0.1) is 23.6 Å². The van der Waals surface area contributed by atoms with Crippen LogP contribution in [0.15, 0.2) is 51.7 Å². The summed E-state index contributed by atoms with van der Waals surface area (Å²) in [5.74, 6) is 0.323. The number of hydrogen-bond donors (Lipinski definition) is 0. The molecule has 5 rings (SSSR count). The zero-order chi connectivity index (χ0) is 22.4. The lowest BCUT2D eigenvalue weighted by atomic mass is 9.98. The first-order chi connectivity index (χ1) is 15.5. The van der Waals surface area contributed by atoms with Crippen molar-refractivity contribution in [3.05, 3.63) is 80.1 Å². The second-order valence-electron chi connectivity index (χ2n) is 7.78. The third-order valence-corrected chi connectivity index (χ3v) is 6.23. The van der Waals surface area contributed by atoms with Gasteiger partial charge < -0.3 is 9.15 Å². The molecule has 0 unspecified atom stereocenters. The van der Waals surface area contributed by atoms with Gasteiger partial charge in [-0.2, -0.15) is 0 Å². The molecule has 32 heavy (non-hydrogen) atoms. The van der Waals surface area contributed by atoms with Crippen LogP contribution in [-0.2, 0) is 0 Å². The van der Waals surface area contributed by atoms with E-state index in [0.29, 0.717) is 34.0 Å². The van der Waals surface area contributed by atoms with Gasteiger partial charge in [0, 0.05) is 0 Å². The summed E-state index contributed by atoms with van der Waals surface area (Å²) in [5, 5.41) is 9.86. The molecule has 2 aromatic heterocycles. The molecule has 0 radical (unpaired) electrons. The molecular weight excluding hydrogens is 426 g/mol. The normalized spacial score (nSPS) is 15.4. The summed E-state index contributed by atoms with van der Waals surface area (Å²) in [5.41, 5.74) is 2.18. The Morgan fingerprint density at radius 1 is 1.12 bits per heavy atom. The molecule has 3 heterocycles. The quantitative estimate of drug-likeness (QED) is 0.437. The number of carbonyl (C=O) groups excluding carboxylic acids is 1. The van der Waals surface area contributed by atoms with Gasteiger partial charge >= 0.3 is 0 Å². The third-order valence-electron chi connectivity index (χ3n) is 5.39. The van der Waals surface area contributed by atoms with Crippen molar-refractivity contribution >= 4 is 33.3 Å². The van der Waals surface area contributed by atoms with E-state index < -0.39 is 11.9 Å². The molecule has 0 saturated heterocycles. The van der Waals surface area contributed by atoms with Crippen LogP contribution in [0, 0.1) is 13.8 Å². The Labute approximate surface area is 188 Å². The van der Waals surface area contributed by atoms with E-state index in [1.54, 1.807) is 12.1 Å². The van der Waals surface area contributed by atoms with Crippen molar-refractivity contribution in [3.8, 4) is 5.75 Å². The molecule has 2 aromatic carbocycles. The fourth-order valence-electron chi connectivity index (χ4n) is 3.98. The highest BCUT2D eigenvalue weighted by molar-refractivity contribution is 7.15. The van der Waals surface area contributed by atoms with Crippen LogP contribution >= 0.6 is 11.3 Å². The van der Waals surface area contributed by atoms with Crippen LogP contribution in [0.2, 0.25) is 0 Å². The van der Waals surface area contributed by atoms with Gasteiger partial charge in [-0.25, -0.2) is 0 Å². The number of rotatable bonds is 5. The first-order valence-electron chi connectivity index (χ1n) is 10.4. The van der Waals surface area contributed by atoms with E-state index >= 15 is 0 Å². The fraction of sp³-hybridized carbons (Fsp3) is 0.250. The average molecular weight is 448 g/mol. The maximum absolute atomic E-state index is 13.6. The molecule has 0 aliphatic carbocycles. The van der Waals surface area contributed by atoms with Crippen molar-refractivity contribution in [1.82, 2.24) is 10.2 Å². The number of aromatic nitrogens is 2. The molecule has 0 saturated carbocycles. The molecule has 162 valence electrons. The minimum atomic E-state index is -0.684. The van der Waals surface area contributed by atoms with Gasteiger partial charge in [-0.3, -0.25) is 14.5 Å². The topological polar surface area (TPSA) is 85.5 Å². The smallest absolute Gasteiger partial charge is 0.297 e. The highest BCUT2D eigenvalue weighted by Crippen LogP contribution is 2.42. The van der Waals surface area contributed by atoms with Crippen molar-refractivity contribution in [1.29, 1.82) is 0 Å². The Morgan fingerprint density at radius 3 is 2.72 bits per heavy atom. The predicted octanol–water partition coefficient (Wildman–Crippen LogP) is 4.80. The van der Waals surface area contributed by atoms with Gasteiger partial charge in [0.25, 0.3) is 5.91 Å². The van der Waals surface area contributed by atoms with E-state index in [1.165, 1.54) is 16.2 Å². The number of amides is 1. The van der Waals surface area contributed by atoms with Crippen LogP contribution in [0.3, 0.4) is 0 Å². The largest absolute Gasteiger partial charge is 0.494 e. The van der Waals surface area contributed by atoms with E-state index in [0.717, 1.165) is 22.6 Å². The number of fused-ring (bicyclic) bond motifs is 2. The molecule has 0 bridgehead atoms. The van der Waals surface area contributed by atoms with E-state index in [4.69, 9.17) is 9.15 Å². The number of hydrogen-bond acceptors (Lipinski definition) is 7. The Balaban J connectivity index is 1.76. The highest BCUT2D eigenvalue weighted by Gasteiger charge is 2.45. The molecule has 1 aliphatic heterocycles. The van der Waals surface area contributed by atoms with Crippen molar-refractivity contribution < 1.29 is 13.9 Å². The minimum Gasteiger partial charge on any atom is -0.494 e. The summed E-state index contributed by atoms with van der Waals surface area (Å²) in [7, 11) is 0. The monoisotopic (exact) mass is 447 g/mol. The summed E-state index contributed by atoms with van der Waals surface area (Å²) < 4.78 is 11.8. The van der Waals surface area contributed by atoms with Gasteiger partial charge in [-0.05, 0) is 50.1 Å². The second-order valence-corrected chi connectivity index (χ2v) is 8.94. The Kier molecular flexibility index (Phi) is 5.01. The zero-order valence-electron chi connectivity index (χ0n) is 17.9. The highest BCUT2D eigenvalue weighted by atomic mass is 32.1. The van der Waals surface area contributed by atoms with Crippen LogP contribution in [0.1, 0.15) is 51.6 Å². The molecule has 4 aromatic rings. The maximum atomic E-state index is 13.6. The van der Waals surface area contributed by atoms with Crippen molar-refractivity contribution in [2.45, 2.75) is 33.2 Å². The van der Waals surface area contributed by atoms with Crippen LogP contribution < -0.4 is 15.1 Å². The maximum Gasteiger partial charge on any atom is 0.297 e. The first kappa shape index (κ1) is 20.4. The van der Waals surface area contributed by atoms with Gasteiger partial charge in [-0.15, -0.1) is 10.2 Å². The lowest BCUT2D eigenvalue weighted by Crippen LogP contribution is -2.29. The van der Waals surface area contributed by atoms with Crippen LogP contribution in [0.5, 0.6) is 5.75 Å². The van der Waals surface area contributed by atoms with E-state index in [2.05, 4.69) is 10.2 Å². The summed E-state index contributed by atoms with van der Waals surface area (Å²) in [6, 6.07) is 12.2. The van der Waals surface area contributed by atoms with E-state index in [9.17, 15) is 9.59 Å². The predicted molar refractivity (Wildman–Crippen MR) is 123 cm³/mol.